The van der Waals surface area contributed by atoms with Gasteiger partial charge >= 0.3 is 0 Å². The summed E-state index contributed by atoms with van der Waals surface area (Å²) in [5, 5.41) is 7.44. The lowest BCUT2D eigenvalue weighted by atomic mass is 10.1. The average Bonchev–Trinajstić information content (AvgIpc) is 3.04. The van der Waals surface area contributed by atoms with E-state index >= 15 is 0 Å². The van der Waals surface area contributed by atoms with Crippen LogP contribution in [-0.2, 0) is 17.9 Å². The summed E-state index contributed by atoms with van der Waals surface area (Å²) in [5.41, 5.74) is 3.02. The predicted molar refractivity (Wildman–Crippen MR) is 114 cm³/mol. The van der Waals surface area contributed by atoms with Gasteiger partial charge in [0.1, 0.15) is 11.6 Å². The summed E-state index contributed by atoms with van der Waals surface area (Å²) in [6.07, 6.45) is 0.858. The Bertz CT molecular complexity index is 846. The van der Waals surface area contributed by atoms with Gasteiger partial charge in [0, 0.05) is 57.1 Å². The van der Waals surface area contributed by atoms with Gasteiger partial charge in [-0.1, -0.05) is 0 Å². The maximum absolute atomic E-state index is 13.6. The Morgan fingerprint density at radius 1 is 1.17 bits per heavy atom. The largest absolute Gasteiger partial charge is 0.496 e. The van der Waals surface area contributed by atoms with Crippen LogP contribution in [0.5, 0.6) is 5.75 Å². The van der Waals surface area contributed by atoms with E-state index in [0.29, 0.717) is 25.4 Å². The molecule has 0 spiro atoms. The van der Waals surface area contributed by atoms with Crippen molar-refractivity contribution < 1.29 is 13.9 Å². The van der Waals surface area contributed by atoms with Crippen LogP contribution in [0.1, 0.15) is 23.4 Å². The predicted octanol–water partition coefficient (Wildman–Crippen LogP) is 1.97. The van der Waals surface area contributed by atoms with Gasteiger partial charge in [-0.2, -0.15) is 5.10 Å². The fourth-order valence-electron chi connectivity index (χ4n) is 3.83. The molecule has 1 saturated heterocycles. The van der Waals surface area contributed by atoms with E-state index in [1.165, 1.54) is 12.1 Å². The van der Waals surface area contributed by atoms with Crippen molar-refractivity contribution in [2.45, 2.75) is 33.4 Å². The molecule has 1 aromatic carbocycles. The zero-order chi connectivity index (χ0) is 21.5. The number of ether oxygens (including phenoxy) is 1. The van der Waals surface area contributed by atoms with Crippen LogP contribution < -0.4 is 10.1 Å². The molecule has 2 heterocycles. The highest BCUT2D eigenvalue weighted by Crippen LogP contribution is 2.21. The number of piperazine rings is 1. The summed E-state index contributed by atoms with van der Waals surface area (Å²) < 4.78 is 20.9. The molecular weight excluding hydrogens is 385 g/mol. The van der Waals surface area contributed by atoms with E-state index in [1.807, 2.05) is 18.5 Å². The number of carbonyl (C=O) groups is 1. The molecule has 0 bridgehead atoms. The molecule has 7 nitrogen and oxygen atoms in total. The molecule has 0 saturated carbocycles. The van der Waals surface area contributed by atoms with E-state index in [-0.39, 0.29) is 11.7 Å². The molecule has 1 amide bonds. The van der Waals surface area contributed by atoms with Gasteiger partial charge in [-0.05, 0) is 44.5 Å². The van der Waals surface area contributed by atoms with E-state index in [2.05, 4.69) is 26.3 Å². The SMILES string of the molecule is COc1ccc(F)cc1CN1CCN(CC(=O)NCCCn2nc(C)cc2C)CC1. The highest BCUT2D eigenvalue weighted by molar-refractivity contribution is 5.77. The van der Waals surface area contributed by atoms with Crippen molar-refractivity contribution in [1.82, 2.24) is 24.9 Å². The first kappa shape index (κ1) is 22.2. The number of nitrogens with zero attached hydrogens (tertiary/aromatic N) is 4. The number of rotatable bonds is 9. The molecule has 30 heavy (non-hydrogen) atoms. The van der Waals surface area contributed by atoms with Crippen LogP contribution in [0.25, 0.3) is 0 Å². The average molecular weight is 418 g/mol. The monoisotopic (exact) mass is 417 g/mol. The molecule has 1 aliphatic heterocycles. The maximum atomic E-state index is 13.6. The van der Waals surface area contributed by atoms with Crippen molar-refractivity contribution in [3.8, 4) is 5.75 Å². The van der Waals surface area contributed by atoms with Crippen LogP contribution in [0.4, 0.5) is 4.39 Å². The van der Waals surface area contributed by atoms with Crippen molar-refractivity contribution >= 4 is 5.91 Å². The molecule has 3 rings (SSSR count). The molecule has 0 radical (unpaired) electrons. The van der Waals surface area contributed by atoms with Crippen molar-refractivity contribution in [3.63, 3.8) is 0 Å². The van der Waals surface area contributed by atoms with Gasteiger partial charge in [-0.3, -0.25) is 19.3 Å². The number of aromatic nitrogens is 2. The third-order valence-corrected chi connectivity index (χ3v) is 5.44. The Morgan fingerprint density at radius 2 is 1.90 bits per heavy atom. The molecule has 0 unspecified atom stereocenters. The maximum Gasteiger partial charge on any atom is 0.234 e. The number of methoxy groups -OCH3 is 1. The molecule has 0 atom stereocenters. The first-order valence-electron chi connectivity index (χ1n) is 10.5. The number of hydrogen-bond acceptors (Lipinski definition) is 5. The minimum atomic E-state index is -0.251. The Balaban J connectivity index is 1.34. The molecule has 0 aliphatic carbocycles. The summed E-state index contributed by atoms with van der Waals surface area (Å²) in [4.78, 5) is 16.7. The topological polar surface area (TPSA) is 62.6 Å². The van der Waals surface area contributed by atoms with Crippen molar-refractivity contribution in [3.05, 3.63) is 47.0 Å². The van der Waals surface area contributed by atoms with Gasteiger partial charge < -0.3 is 10.1 Å². The fraction of sp³-hybridized carbons (Fsp3) is 0.545. The number of aryl methyl sites for hydroxylation is 3. The summed E-state index contributed by atoms with van der Waals surface area (Å²) >= 11 is 0. The second kappa shape index (κ2) is 10.5. The van der Waals surface area contributed by atoms with Gasteiger partial charge in [-0.15, -0.1) is 0 Å². The van der Waals surface area contributed by atoms with Gasteiger partial charge in [0.25, 0.3) is 0 Å². The van der Waals surface area contributed by atoms with Gasteiger partial charge in [0.15, 0.2) is 0 Å². The third kappa shape index (κ3) is 6.27. The van der Waals surface area contributed by atoms with Crippen molar-refractivity contribution in [1.29, 1.82) is 0 Å². The van der Waals surface area contributed by atoms with Crippen LogP contribution in [0.3, 0.4) is 0 Å². The van der Waals surface area contributed by atoms with Gasteiger partial charge in [0.05, 0.1) is 19.3 Å². The lowest BCUT2D eigenvalue weighted by molar-refractivity contribution is -0.122. The Hall–Kier alpha value is -2.45. The first-order chi connectivity index (χ1) is 14.4. The number of halogens is 1. The Morgan fingerprint density at radius 3 is 2.57 bits per heavy atom. The number of amides is 1. The molecule has 164 valence electrons. The number of hydrogen-bond donors (Lipinski definition) is 1. The minimum absolute atomic E-state index is 0.0589. The van der Waals surface area contributed by atoms with Crippen LogP contribution in [-0.4, -0.2) is 71.9 Å². The molecule has 1 fully saturated rings. The second-order valence-electron chi connectivity index (χ2n) is 7.86. The Labute approximate surface area is 177 Å². The Kier molecular flexibility index (Phi) is 7.81. The summed E-state index contributed by atoms with van der Waals surface area (Å²) in [6.45, 7) is 9.86. The molecular formula is C22H32FN5O2. The van der Waals surface area contributed by atoms with E-state index in [4.69, 9.17) is 4.74 Å². The molecule has 2 aromatic rings. The quantitative estimate of drug-likeness (QED) is 0.632. The normalized spacial score (nSPS) is 15.3. The van der Waals surface area contributed by atoms with Crippen molar-refractivity contribution in [2.24, 2.45) is 0 Å². The molecule has 1 N–H and O–H groups in total. The summed E-state index contributed by atoms with van der Waals surface area (Å²) in [6, 6.07) is 6.67. The highest BCUT2D eigenvalue weighted by Gasteiger charge is 2.20. The molecule has 1 aromatic heterocycles. The smallest absolute Gasteiger partial charge is 0.234 e. The highest BCUT2D eigenvalue weighted by atomic mass is 19.1. The van der Waals surface area contributed by atoms with Crippen LogP contribution in [0.15, 0.2) is 24.3 Å². The van der Waals surface area contributed by atoms with Crippen LogP contribution >= 0.6 is 0 Å². The van der Waals surface area contributed by atoms with Crippen molar-refractivity contribution in [2.75, 3.05) is 46.4 Å². The lowest BCUT2D eigenvalue weighted by Gasteiger charge is -2.34. The summed E-state index contributed by atoms with van der Waals surface area (Å²) in [7, 11) is 1.60. The zero-order valence-electron chi connectivity index (χ0n) is 18.2. The zero-order valence-corrected chi connectivity index (χ0v) is 18.2. The minimum Gasteiger partial charge on any atom is -0.496 e. The fourth-order valence-corrected chi connectivity index (χ4v) is 3.83. The molecule has 1 aliphatic rings. The first-order valence-corrected chi connectivity index (χ1v) is 10.5. The van der Waals surface area contributed by atoms with E-state index in [9.17, 15) is 9.18 Å². The molecule has 8 heteroatoms. The van der Waals surface area contributed by atoms with E-state index in [1.54, 1.807) is 13.2 Å². The van der Waals surface area contributed by atoms with Gasteiger partial charge in [0.2, 0.25) is 5.91 Å². The number of benzene rings is 1. The second-order valence-corrected chi connectivity index (χ2v) is 7.86. The van der Waals surface area contributed by atoms with E-state index in [0.717, 1.165) is 56.1 Å². The van der Waals surface area contributed by atoms with E-state index < -0.39 is 0 Å². The van der Waals surface area contributed by atoms with Gasteiger partial charge in [-0.25, -0.2) is 4.39 Å². The standard InChI is InChI=1S/C22H32FN5O2/c1-17-13-18(2)28(25-17)8-4-7-24-22(29)16-27-11-9-26(10-12-27)15-19-14-20(23)5-6-21(19)30-3/h5-6,13-14H,4,7-12,15-16H2,1-3H3,(H,24,29). The number of carbonyl (C=O) groups excluding carboxylic acids is 1. The van der Waals surface area contributed by atoms with Crippen LogP contribution in [0, 0.1) is 19.7 Å². The third-order valence-electron chi connectivity index (χ3n) is 5.44. The lowest BCUT2D eigenvalue weighted by Crippen LogP contribution is -2.49. The summed E-state index contributed by atoms with van der Waals surface area (Å²) in [5.74, 6) is 0.515. The van der Waals surface area contributed by atoms with Crippen LogP contribution in [0.2, 0.25) is 0 Å². The number of nitrogens with one attached hydrogen (secondary N) is 1.